The van der Waals surface area contributed by atoms with Gasteiger partial charge in [0.05, 0.1) is 32.8 Å². The highest BCUT2D eigenvalue weighted by Gasteiger charge is 2.24. The molecular weight excluding hydrogens is 497 g/mol. The van der Waals surface area contributed by atoms with Crippen LogP contribution >= 0.6 is 34.8 Å². The van der Waals surface area contributed by atoms with Gasteiger partial charge in [0.1, 0.15) is 16.7 Å². The summed E-state index contributed by atoms with van der Waals surface area (Å²) in [5, 5.41) is 20.1. The SMILES string of the molecule is N#Cc1ccc(S(=O)(=O)NC[C@H](O)CN2CCC(Oc3ccc(Cl)c(Cl)c3)CC2)c(Cl)c1. The van der Waals surface area contributed by atoms with Crippen LogP contribution in [0.5, 0.6) is 5.75 Å². The van der Waals surface area contributed by atoms with Crippen LogP contribution < -0.4 is 9.46 Å². The van der Waals surface area contributed by atoms with Crippen LogP contribution in [0.25, 0.3) is 0 Å². The fourth-order valence-electron chi connectivity index (χ4n) is 3.39. The van der Waals surface area contributed by atoms with Gasteiger partial charge in [0.2, 0.25) is 10.0 Å². The Morgan fingerprint density at radius 2 is 1.84 bits per heavy atom. The van der Waals surface area contributed by atoms with E-state index in [9.17, 15) is 13.5 Å². The maximum absolute atomic E-state index is 12.5. The van der Waals surface area contributed by atoms with Crippen LogP contribution in [0, 0.1) is 11.3 Å². The molecule has 172 valence electrons. The quantitative estimate of drug-likeness (QED) is 0.552. The summed E-state index contributed by atoms with van der Waals surface area (Å²) in [6, 6.07) is 11.0. The first-order valence-corrected chi connectivity index (χ1v) is 12.5. The molecule has 0 amide bonds. The molecule has 1 saturated heterocycles. The zero-order chi connectivity index (χ0) is 23.3. The van der Waals surface area contributed by atoms with Crippen molar-refractivity contribution >= 4 is 44.8 Å². The summed E-state index contributed by atoms with van der Waals surface area (Å²) in [5.74, 6) is 0.661. The van der Waals surface area contributed by atoms with Gasteiger partial charge in [-0.25, -0.2) is 13.1 Å². The predicted octanol–water partition coefficient (Wildman–Crippen LogP) is 3.70. The smallest absolute Gasteiger partial charge is 0.242 e. The Morgan fingerprint density at radius 1 is 1.12 bits per heavy atom. The number of hydrogen-bond donors (Lipinski definition) is 2. The van der Waals surface area contributed by atoms with Crippen molar-refractivity contribution in [2.24, 2.45) is 0 Å². The van der Waals surface area contributed by atoms with Gasteiger partial charge >= 0.3 is 0 Å². The third kappa shape index (κ3) is 6.72. The van der Waals surface area contributed by atoms with E-state index in [0.717, 1.165) is 12.8 Å². The van der Waals surface area contributed by atoms with Gasteiger partial charge in [-0.15, -0.1) is 0 Å². The molecule has 1 aliphatic heterocycles. The number of nitrogens with one attached hydrogen (secondary N) is 1. The summed E-state index contributed by atoms with van der Waals surface area (Å²) in [4.78, 5) is 1.92. The molecule has 0 bridgehead atoms. The second kappa shape index (κ2) is 11.0. The molecule has 1 fully saturated rings. The van der Waals surface area contributed by atoms with Crippen LogP contribution in [0.2, 0.25) is 15.1 Å². The second-order valence-electron chi connectivity index (χ2n) is 7.46. The van der Waals surface area contributed by atoms with Crippen molar-refractivity contribution in [3.05, 3.63) is 57.0 Å². The number of ether oxygens (including phenoxy) is 1. The number of halogens is 3. The number of rotatable bonds is 8. The van der Waals surface area contributed by atoms with Crippen molar-refractivity contribution in [2.45, 2.75) is 29.9 Å². The number of likely N-dealkylation sites (tertiary alicyclic amines) is 1. The van der Waals surface area contributed by atoms with Crippen molar-refractivity contribution in [3.63, 3.8) is 0 Å². The first kappa shape index (κ1) is 25.1. The molecule has 0 saturated carbocycles. The summed E-state index contributed by atoms with van der Waals surface area (Å²) in [5.41, 5.74) is 0.264. The predicted molar refractivity (Wildman–Crippen MR) is 124 cm³/mol. The number of benzene rings is 2. The molecule has 0 aliphatic carbocycles. The minimum absolute atomic E-state index is 0.0256. The first-order chi connectivity index (χ1) is 15.2. The normalized spacial score (nSPS) is 16.5. The fraction of sp³-hybridized carbons (Fsp3) is 0.381. The number of nitriles is 1. The van der Waals surface area contributed by atoms with Crippen LogP contribution in [0.3, 0.4) is 0 Å². The van der Waals surface area contributed by atoms with E-state index in [1.165, 1.54) is 18.2 Å². The van der Waals surface area contributed by atoms with E-state index in [4.69, 9.17) is 44.8 Å². The highest BCUT2D eigenvalue weighted by atomic mass is 35.5. The molecule has 1 aliphatic rings. The Balaban J connectivity index is 1.45. The lowest BCUT2D eigenvalue weighted by molar-refractivity contribution is 0.0630. The Morgan fingerprint density at radius 3 is 2.47 bits per heavy atom. The molecule has 2 aromatic carbocycles. The Labute approximate surface area is 202 Å². The Bertz CT molecular complexity index is 1100. The summed E-state index contributed by atoms with van der Waals surface area (Å²) in [6.45, 7) is 1.58. The molecule has 2 N–H and O–H groups in total. The van der Waals surface area contributed by atoms with Crippen LogP contribution in [0.15, 0.2) is 41.3 Å². The molecule has 0 radical (unpaired) electrons. The zero-order valence-electron chi connectivity index (χ0n) is 17.0. The average molecular weight is 519 g/mol. The van der Waals surface area contributed by atoms with Gasteiger partial charge in [-0.05, 0) is 43.2 Å². The van der Waals surface area contributed by atoms with Crippen LogP contribution in [-0.4, -0.2) is 56.8 Å². The standard InChI is InChI=1S/C21H22Cl3N3O4S/c22-18-3-2-17(10-19(18)23)31-16-5-7-27(8-6-16)13-15(28)12-26-32(29,30)21-4-1-14(11-25)9-20(21)24/h1-4,9-10,15-16,26,28H,5-8,12-13H2/t15-/m0/s1. The van der Waals surface area contributed by atoms with Crippen LogP contribution in [0.1, 0.15) is 18.4 Å². The summed E-state index contributed by atoms with van der Waals surface area (Å²) < 4.78 is 33.3. The first-order valence-electron chi connectivity index (χ1n) is 9.89. The lowest BCUT2D eigenvalue weighted by Crippen LogP contribution is -2.45. The number of piperidine rings is 1. The number of hydrogen-bond acceptors (Lipinski definition) is 6. The third-order valence-electron chi connectivity index (χ3n) is 5.06. The van der Waals surface area contributed by atoms with Gasteiger partial charge in [-0.3, -0.25) is 0 Å². The van der Waals surface area contributed by atoms with E-state index in [2.05, 4.69) is 9.62 Å². The molecule has 1 heterocycles. The molecule has 7 nitrogen and oxygen atoms in total. The van der Waals surface area contributed by atoms with Gasteiger partial charge in [-0.1, -0.05) is 34.8 Å². The third-order valence-corrected chi connectivity index (χ3v) is 7.70. The minimum atomic E-state index is -3.91. The van der Waals surface area contributed by atoms with Gasteiger partial charge in [-0.2, -0.15) is 5.26 Å². The average Bonchev–Trinajstić information content (AvgIpc) is 2.76. The van der Waals surface area contributed by atoms with Crippen LogP contribution in [-0.2, 0) is 10.0 Å². The Kier molecular flexibility index (Phi) is 8.64. The highest BCUT2D eigenvalue weighted by Crippen LogP contribution is 2.28. The molecular formula is C21H22Cl3N3O4S. The zero-order valence-corrected chi connectivity index (χ0v) is 20.1. The maximum atomic E-state index is 12.5. The lowest BCUT2D eigenvalue weighted by atomic mass is 10.1. The van der Waals surface area contributed by atoms with Crippen LogP contribution in [0.4, 0.5) is 0 Å². The fourth-order valence-corrected chi connectivity index (χ4v) is 5.29. The number of β-amino-alcohol motifs (C(OH)–C–C–N with tert-alkyl or cyclic N) is 1. The Hall–Kier alpha value is -1.57. The molecule has 0 spiro atoms. The topological polar surface area (TPSA) is 103 Å². The largest absolute Gasteiger partial charge is 0.490 e. The van der Waals surface area contributed by atoms with Gasteiger partial charge in [0.25, 0.3) is 0 Å². The minimum Gasteiger partial charge on any atom is -0.490 e. The monoisotopic (exact) mass is 517 g/mol. The maximum Gasteiger partial charge on any atom is 0.242 e. The van der Waals surface area contributed by atoms with Crippen molar-refractivity contribution in [1.29, 1.82) is 5.26 Å². The van der Waals surface area contributed by atoms with E-state index in [1.807, 2.05) is 6.07 Å². The van der Waals surface area contributed by atoms with Gasteiger partial charge < -0.3 is 14.7 Å². The van der Waals surface area contributed by atoms with E-state index in [0.29, 0.717) is 35.4 Å². The van der Waals surface area contributed by atoms with Crippen molar-refractivity contribution < 1.29 is 18.3 Å². The number of aliphatic hydroxyl groups excluding tert-OH is 1. The van der Waals surface area contributed by atoms with E-state index in [-0.39, 0.29) is 28.1 Å². The lowest BCUT2D eigenvalue weighted by Gasteiger charge is -2.33. The van der Waals surface area contributed by atoms with Gasteiger partial charge in [0.15, 0.2) is 0 Å². The van der Waals surface area contributed by atoms with E-state index >= 15 is 0 Å². The van der Waals surface area contributed by atoms with E-state index in [1.54, 1.807) is 18.2 Å². The summed E-state index contributed by atoms with van der Waals surface area (Å²) in [6.07, 6.45) is 0.658. The number of nitrogens with zero attached hydrogens (tertiary/aromatic N) is 2. The molecule has 32 heavy (non-hydrogen) atoms. The number of sulfonamides is 1. The summed E-state index contributed by atoms with van der Waals surface area (Å²) in [7, 11) is -3.91. The van der Waals surface area contributed by atoms with Crippen molar-refractivity contribution in [3.8, 4) is 11.8 Å². The molecule has 0 unspecified atom stereocenters. The van der Waals surface area contributed by atoms with Gasteiger partial charge in [0, 0.05) is 32.2 Å². The summed E-state index contributed by atoms with van der Waals surface area (Å²) >= 11 is 17.9. The molecule has 11 heteroatoms. The molecule has 3 rings (SSSR count). The molecule has 0 aromatic heterocycles. The van der Waals surface area contributed by atoms with Crippen molar-refractivity contribution in [1.82, 2.24) is 9.62 Å². The van der Waals surface area contributed by atoms with Crippen molar-refractivity contribution in [2.75, 3.05) is 26.2 Å². The highest BCUT2D eigenvalue weighted by molar-refractivity contribution is 7.89. The second-order valence-corrected chi connectivity index (χ2v) is 10.4. The van der Waals surface area contributed by atoms with E-state index < -0.39 is 16.1 Å². The number of aliphatic hydroxyl groups is 1. The molecule has 1 atom stereocenters. The molecule has 2 aromatic rings.